The van der Waals surface area contributed by atoms with Crippen LogP contribution in [0.1, 0.15) is 58.4 Å². The van der Waals surface area contributed by atoms with E-state index in [0.717, 1.165) is 49.2 Å². The molecule has 0 aliphatic rings. The number of methoxy groups -OCH3 is 1. The molecule has 0 N–H and O–H groups in total. The molecule has 6 heteroatoms. The number of carbonyl (C=O) groups is 2. The minimum atomic E-state index is -0.451. The molecule has 0 saturated carbocycles. The SMILES string of the molecule is CCC(C)(C)C(=O)OCCCCCCOc1ccc(OC(=O)/C=C/c2ccc(OC)cc2)cc1. The van der Waals surface area contributed by atoms with E-state index in [4.69, 9.17) is 18.9 Å². The Labute approximate surface area is 202 Å². The molecule has 2 aromatic carbocycles. The molecule has 0 saturated heterocycles. The number of hydrogen-bond acceptors (Lipinski definition) is 6. The summed E-state index contributed by atoms with van der Waals surface area (Å²) in [6.45, 7) is 6.88. The van der Waals surface area contributed by atoms with Crippen molar-refractivity contribution in [1.29, 1.82) is 0 Å². The smallest absolute Gasteiger partial charge is 0.336 e. The van der Waals surface area contributed by atoms with Crippen LogP contribution >= 0.6 is 0 Å². The maximum absolute atomic E-state index is 12.0. The third kappa shape index (κ3) is 9.69. The Balaban J connectivity index is 1.60. The maximum Gasteiger partial charge on any atom is 0.336 e. The van der Waals surface area contributed by atoms with Crippen LogP contribution in [0, 0.1) is 5.41 Å². The van der Waals surface area contributed by atoms with E-state index in [-0.39, 0.29) is 5.97 Å². The average molecular weight is 469 g/mol. The van der Waals surface area contributed by atoms with Crippen LogP contribution in [0.5, 0.6) is 17.2 Å². The summed E-state index contributed by atoms with van der Waals surface area (Å²) in [4.78, 5) is 23.9. The van der Waals surface area contributed by atoms with Crippen LogP contribution in [0.3, 0.4) is 0 Å². The van der Waals surface area contributed by atoms with Gasteiger partial charge in [0.05, 0.1) is 25.7 Å². The van der Waals surface area contributed by atoms with E-state index in [0.29, 0.717) is 19.0 Å². The zero-order chi connectivity index (χ0) is 24.8. The molecule has 0 heterocycles. The van der Waals surface area contributed by atoms with Crippen LogP contribution in [-0.2, 0) is 14.3 Å². The first kappa shape index (κ1) is 27.0. The number of esters is 2. The maximum atomic E-state index is 12.0. The van der Waals surface area contributed by atoms with Gasteiger partial charge in [-0.25, -0.2) is 4.79 Å². The molecule has 2 aromatic rings. The van der Waals surface area contributed by atoms with Gasteiger partial charge in [-0.1, -0.05) is 19.1 Å². The average Bonchev–Trinajstić information content (AvgIpc) is 2.85. The number of benzene rings is 2. The lowest BCUT2D eigenvalue weighted by atomic mass is 9.91. The number of unbranched alkanes of at least 4 members (excludes halogenated alkanes) is 3. The lowest BCUT2D eigenvalue weighted by Crippen LogP contribution is -2.26. The summed E-state index contributed by atoms with van der Waals surface area (Å²) in [5.74, 6) is 1.37. The van der Waals surface area contributed by atoms with Gasteiger partial charge in [0, 0.05) is 6.08 Å². The molecule has 0 atom stereocenters. The van der Waals surface area contributed by atoms with E-state index < -0.39 is 11.4 Å². The van der Waals surface area contributed by atoms with Crippen molar-refractivity contribution in [2.45, 2.75) is 52.9 Å². The van der Waals surface area contributed by atoms with Crippen LogP contribution in [-0.4, -0.2) is 32.3 Å². The second kappa shape index (κ2) is 14.1. The third-order valence-corrected chi connectivity index (χ3v) is 5.55. The molecule has 0 amide bonds. The Morgan fingerprint density at radius 1 is 0.824 bits per heavy atom. The molecule has 34 heavy (non-hydrogen) atoms. The molecular weight excluding hydrogens is 432 g/mol. The minimum Gasteiger partial charge on any atom is -0.497 e. The molecule has 6 nitrogen and oxygen atoms in total. The van der Waals surface area contributed by atoms with Gasteiger partial charge in [0.2, 0.25) is 0 Å². The van der Waals surface area contributed by atoms with Gasteiger partial charge in [0.25, 0.3) is 0 Å². The Kier molecular flexibility index (Phi) is 11.2. The Morgan fingerprint density at radius 3 is 2.03 bits per heavy atom. The van der Waals surface area contributed by atoms with Crippen LogP contribution in [0.25, 0.3) is 6.08 Å². The predicted molar refractivity (Wildman–Crippen MR) is 133 cm³/mol. The van der Waals surface area contributed by atoms with Gasteiger partial charge in [-0.3, -0.25) is 4.79 Å². The van der Waals surface area contributed by atoms with Crippen molar-refractivity contribution in [2.75, 3.05) is 20.3 Å². The van der Waals surface area contributed by atoms with Crippen LogP contribution in [0.15, 0.2) is 54.6 Å². The Morgan fingerprint density at radius 2 is 1.41 bits per heavy atom. The number of carbonyl (C=O) groups excluding carboxylic acids is 2. The Hall–Kier alpha value is -3.28. The molecule has 2 rings (SSSR count). The highest BCUT2D eigenvalue weighted by Crippen LogP contribution is 2.22. The largest absolute Gasteiger partial charge is 0.497 e. The van der Waals surface area contributed by atoms with E-state index >= 15 is 0 Å². The number of hydrogen-bond donors (Lipinski definition) is 0. The summed E-state index contributed by atoms with van der Waals surface area (Å²) < 4.78 is 21.5. The summed E-state index contributed by atoms with van der Waals surface area (Å²) in [7, 11) is 1.61. The van der Waals surface area contributed by atoms with Crippen molar-refractivity contribution in [1.82, 2.24) is 0 Å². The molecule has 0 unspecified atom stereocenters. The molecule has 0 aromatic heterocycles. The molecule has 0 bridgehead atoms. The third-order valence-electron chi connectivity index (χ3n) is 5.55. The number of ether oxygens (including phenoxy) is 4. The van der Waals surface area contributed by atoms with E-state index in [2.05, 4.69) is 0 Å². The summed E-state index contributed by atoms with van der Waals surface area (Å²) in [6, 6.07) is 14.4. The molecule has 0 spiro atoms. The van der Waals surface area contributed by atoms with Gasteiger partial charge in [-0.05, 0) is 94.0 Å². The van der Waals surface area contributed by atoms with Crippen molar-refractivity contribution in [2.24, 2.45) is 5.41 Å². The predicted octanol–water partition coefficient (Wildman–Crippen LogP) is 6.23. The zero-order valence-electron chi connectivity index (χ0n) is 20.7. The lowest BCUT2D eigenvalue weighted by Gasteiger charge is -2.20. The van der Waals surface area contributed by atoms with Crippen molar-refractivity contribution < 1.29 is 28.5 Å². The topological polar surface area (TPSA) is 71.1 Å². The fourth-order valence-corrected chi connectivity index (χ4v) is 2.89. The van der Waals surface area contributed by atoms with E-state index in [1.54, 1.807) is 37.5 Å². The van der Waals surface area contributed by atoms with E-state index in [1.165, 1.54) is 6.08 Å². The van der Waals surface area contributed by atoms with Crippen LogP contribution < -0.4 is 14.2 Å². The summed E-state index contributed by atoms with van der Waals surface area (Å²) in [5, 5.41) is 0. The highest BCUT2D eigenvalue weighted by molar-refractivity contribution is 5.88. The van der Waals surface area contributed by atoms with Crippen LogP contribution in [0.2, 0.25) is 0 Å². The summed E-state index contributed by atoms with van der Waals surface area (Å²) in [5.41, 5.74) is 0.471. The molecule has 0 aliphatic carbocycles. The molecular formula is C28H36O6. The van der Waals surface area contributed by atoms with Gasteiger partial charge in [-0.2, -0.15) is 0 Å². The normalized spacial score (nSPS) is 11.3. The zero-order valence-corrected chi connectivity index (χ0v) is 20.7. The van der Waals surface area contributed by atoms with Gasteiger partial charge < -0.3 is 18.9 Å². The summed E-state index contributed by atoms with van der Waals surface area (Å²) >= 11 is 0. The molecule has 0 radical (unpaired) electrons. The van der Waals surface area contributed by atoms with Crippen molar-refractivity contribution in [3.05, 3.63) is 60.2 Å². The summed E-state index contributed by atoms with van der Waals surface area (Å²) in [6.07, 6.45) is 7.62. The van der Waals surface area contributed by atoms with Gasteiger partial charge in [-0.15, -0.1) is 0 Å². The van der Waals surface area contributed by atoms with Gasteiger partial charge in [0.1, 0.15) is 17.2 Å². The van der Waals surface area contributed by atoms with Crippen LogP contribution in [0.4, 0.5) is 0 Å². The monoisotopic (exact) mass is 468 g/mol. The van der Waals surface area contributed by atoms with E-state index in [1.807, 2.05) is 45.0 Å². The lowest BCUT2D eigenvalue weighted by molar-refractivity contribution is -0.154. The highest BCUT2D eigenvalue weighted by atomic mass is 16.5. The van der Waals surface area contributed by atoms with Gasteiger partial charge >= 0.3 is 11.9 Å². The van der Waals surface area contributed by atoms with Crippen molar-refractivity contribution >= 4 is 18.0 Å². The second-order valence-electron chi connectivity index (χ2n) is 8.64. The number of rotatable bonds is 14. The van der Waals surface area contributed by atoms with Crippen molar-refractivity contribution in [3.8, 4) is 17.2 Å². The van der Waals surface area contributed by atoms with Crippen molar-refractivity contribution in [3.63, 3.8) is 0 Å². The van der Waals surface area contributed by atoms with E-state index in [9.17, 15) is 9.59 Å². The first-order valence-electron chi connectivity index (χ1n) is 11.8. The minimum absolute atomic E-state index is 0.124. The quantitative estimate of drug-likeness (QED) is 0.142. The first-order chi connectivity index (χ1) is 16.3. The highest BCUT2D eigenvalue weighted by Gasteiger charge is 2.26. The molecule has 0 aliphatic heterocycles. The standard InChI is InChI=1S/C28H36O6/c1-5-28(2,3)27(30)33-21-9-7-6-8-20-32-24-15-17-25(18-16-24)34-26(29)19-12-22-10-13-23(31-4)14-11-22/h10-19H,5-9,20-21H2,1-4H3/b19-12+. The fraction of sp³-hybridized carbons (Fsp3) is 0.429. The first-order valence-corrected chi connectivity index (χ1v) is 11.8. The molecule has 0 fully saturated rings. The Bertz CT molecular complexity index is 913. The molecule has 184 valence electrons. The fourth-order valence-electron chi connectivity index (χ4n) is 2.89. The van der Waals surface area contributed by atoms with Gasteiger partial charge in [0.15, 0.2) is 0 Å². The second-order valence-corrected chi connectivity index (χ2v) is 8.64.